The van der Waals surface area contributed by atoms with Gasteiger partial charge < -0.3 is 11.1 Å². The molecule has 2 nitrogen and oxygen atoms in total. The van der Waals surface area contributed by atoms with Crippen molar-refractivity contribution in [1.29, 1.82) is 0 Å². The fourth-order valence-electron chi connectivity index (χ4n) is 0.943. The normalized spacial score (nSPS) is 31.4. The van der Waals surface area contributed by atoms with Crippen molar-refractivity contribution in [2.45, 2.75) is 18.5 Å². The lowest BCUT2D eigenvalue weighted by Gasteiger charge is -1.85. The van der Waals surface area contributed by atoms with Gasteiger partial charge in [-0.2, -0.15) is 0 Å². The quantitative estimate of drug-likeness (QED) is 0.401. The molecule has 1 aliphatic rings. The number of nitrogens with two attached hydrogens (primary N) is 1. The molecular weight excluding hydrogens is 192 g/mol. The summed E-state index contributed by atoms with van der Waals surface area (Å²) in [5.41, 5.74) is 5.29. The van der Waals surface area contributed by atoms with Crippen molar-refractivity contribution in [3.8, 4) is 0 Å². The average molecular weight is 205 g/mol. The van der Waals surface area contributed by atoms with Gasteiger partial charge in [-0.05, 0) is 6.42 Å². The van der Waals surface area contributed by atoms with E-state index in [4.69, 9.17) is 5.73 Å². The number of rotatable bonds is 4. The zero-order chi connectivity index (χ0) is 7.40. The topological polar surface area (TPSA) is 48.0 Å². The fourth-order valence-corrected chi connectivity index (χ4v) is 1.58. The minimum Gasteiger partial charge on any atom is -0.327 e. The number of halogens is 1. The molecule has 0 aromatic carbocycles. The predicted octanol–water partition coefficient (Wildman–Crippen LogP) is 0.627. The van der Waals surface area contributed by atoms with Gasteiger partial charge in [0.2, 0.25) is 0 Å². The SMILES string of the molecule is NC/C=C/CC1NC1CBr. The summed E-state index contributed by atoms with van der Waals surface area (Å²) < 4.78 is 0. The molecule has 58 valence electrons. The Kier molecular flexibility index (Phi) is 3.39. The monoisotopic (exact) mass is 204 g/mol. The van der Waals surface area contributed by atoms with Crippen LogP contribution in [0.5, 0.6) is 0 Å². The Morgan fingerprint density at radius 1 is 1.40 bits per heavy atom. The molecule has 3 N–H and O–H groups in total. The second-order valence-electron chi connectivity index (χ2n) is 2.48. The van der Waals surface area contributed by atoms with Crippen LogP contribution in [0.15, 0.2) is 12.2 Å². The summed E-state index contributed by atoms with van der Waals surface area (Å²) in [5.74, 6) is 0. The largest absolute Gasteiger partial charge is 0.327 e. The Bertz CT molecular complexity index is 125. The van der Waals surface area contributed by atoms with Gasteiger partial charge in [-0.15, -0.1) is 0 Å². The molecule has 0 aromatic rings. The van der Waals surface area contributed by atoms with Crippen molar-refractivity contribution in [2.24, 2.45) is 5.73 Å². The van der Waals surface area contributed by atoms with E-state index in [1.807, 2.05) is 6.08 Å². The molecule has 1 fully saturated rings. The molecule has 3 heteroatoms. The molecule has 0 bridgehead atoms. The van der Waals surface area contributed by atoms with Gasteiger partial charge in [0.15, 0.2) is 0 Å². The zero-order valence-corrected chi connectivity index (χ0v) is 7.47. The molecule has 0 amide bonds. The Morgan fingerprint density at radius 3 is 2.70 bits per heavy atom. The van der Waals surface area contributed by atoms with Gasteiger partial charge >= 0.3 is 0 Å². The lowest BCUT2D eigenvalue weighted by atomic mass is 10.2. The maximum Gasteiger partial charge on any atom is 0.0324 e. The summed E-state index contributed by atoms with van der Waals surface area (Å²) in [6.07, 6.45) is 5.26. The van der Waals surface area contributed by atoms with Crippen LogP contribution in [0, 0.1) is 0 Å². The first-order chi connectivity index (χ1) is 4.88. The molecule has 1 saturated heterocycles. The van der Waals surface area contributed by atoms with Crippen LogP contribution in [0.3, 0.4) is 0 Å². The Balaban J connectivity index is 2.01. The highest BCUT2D eigenvalue weighted by Crippen LogP contribution is 2.16. The van der Waals surface area contributed by atoms with Crippen LogP contribution >= 0.6 is 15.9 Å². The summed E-state index contributed by atoms with van der Waals surface area (Å²) in [6, 6.07) is 1.39. The van der Waals surface area contributed by atoms with E-state index < -0.39 is 0 Å². The van der Waals surface area contributed by atoms with E-state index >= 15 is 0 Å². The first kappa shape index (κ1) is 8.24. The van der Waals surface area contributed by atoms with Crippen LogP contribution in [0.1, 0.15) is 6.42 Å². The molecule has 0 radical (unpaired) electrons. The smallest absolute Gasteiger partial charge is 0.0324 e. The first-order valence-electron chi connectivity index (χ1n) is 3.55. The Hall–Kier alpha value is 0.140. The first-order valence-corrected chi connectivity index (χ1v) is 4.67. The lowest BCUT2D eigenvalue weighted by Crippen LogP contribution is -1.95. The molecule has 0 spiro atoms. The van der Waals surface area contributed by atoms with Gasteiger partial charge in [0.05, 0.1) is 0 Å². The Morgan fingerprint density at radius 2 is 2.20 bits per heavy atom. The predicted molar refractivity (Wildman–Crippen MR) is 47.3 cm³/mol. The van der Waals surface area contributed by atoms with Crippen molar-refractivity contribution in [3.63, 3.8) is 0 Å². The fraction of sp³-hybridized carbons (Fsp3) is 0.714. The summed E-state index contributed by atoms with van der Waals surface area (Å²) in [7, 11) is 0. The molecule has 0 aliphatic carbocycles. The number of alkyl halides is 1. The molecule has 2 unspecified atom stereocenters. The molecule has 1 heterocycles. The van der Waals surface area contributed by atoms with Crippen molar-refractivity contribution in [1.82, 2.24) is 5.32 Å². The van der Waals surface area contributed by atoms with Crippen LogP contribution in [0.4, 0.5) is 0 Å². The highest BCUT2D eigenvalue weighted by atomic mass is 79.9. The van der Waals surface area contributed by atoms with Gasteiger partial charge in [-0.25, -0.2) is 0 Å². The molecule has 10 heavy (non-hydrogen) atoms. The molecule has 1 aliphatic heterocycles. The van der Waals surface area contributed by atoms with E-state index in [9.17, 15) is 0 Å². The van der Waals surface area contributed by atoms with Crippen molar-refractivity contribution in [2.75, 3.05) is 11.9 Å². The van der Waals surface area contributed by atoms with Crippen LogP contribution in [0.2, 0.25) is 0 Å². The third-order valence-electron chi connectivity index (χ3n) is 1.66. The van der Waals surface area contributed by atoms with E-state index in [0.717, 1.165) is 11.8 Å². The van der Waals surface area contributed by atoms with Crippen molar-refractivity contribution < 1.29 is 0 Å². The summed E-state index contributed by atoms with van der Waals surface area (Å²) in [4.78, 5) is 0. The van der Waals surface area contributed by atoms with Crippen molar-refractivity contribution in [3.05, 3.63) is 12.2 Å². The summed E-state index contributed by atoms with van der Waals surface area (Å²) in [6.45, 7) is 0.658. The third kappa shape index (κ3) is 2.40. The highest BCUT2D eigenvalue weighted by molar-refractivity contribution is 9.09. The van der Waals surface area contributed by atoms with Crippen molar-refractivity contribution >= 4 is 15.9 Å². The van der Waals surface area contributed by atoms with Gasteiger partial charge in [0.25, 0.3) is 0 Å². The van der Waals surface area contributed by atoms with Gasteiger partial charge in [-0.1, -0.05) is 28.1 Å². The van der Waals surface area contributed by atoms with E-state index in [0.29, 0.717) is 18.6 Å². The average Bonchev–Trinajstić information content (AvgIpc) is 2.68. The van der Waals surface area contributed by atoms with Crippen LogP contribution < -0.4 is 11.1 Å². The number of hydrogen-bond acceptors (Lipinski definition) is 2. The van der Waals surface area contributed by atoms with Gasteiger partial charge in [-0.3, -0.25) is 0 Å². The lowest BCUT2D eigenvalue weighted by molar-refractivity contribution is 0.939. The van der Waals surface area contributed by atoms with Crippen LogP contribution in [-0.4, -0.2) is 24.0 Å². The number of nitrogens with one attached hydrogen (secondary N) is 1. The minimum atomic E-state index is 0.658. The van der Waals surface area contributed by atoms with E-state index in [-0.39, 0.29) is 0 Å². The Labute approximate surface area is 70.0 Å². The van der Waals surface area contributed by atoms with E-state index in [1.165, 1.54) is 0 Å². The zero-order valence-electron chi connectivity index (χ0n) is 5.89. The maximum absolute atomic E-state index is 5.29. The minimum absolute atomic E-state index is 0.658. The van der Waals surface area contributed by atoms with E-state index in [1.54, 1.807) is 0 Å². The summed E-state index contributed by atoms with van der Waals surface area (Å²) >= 11 is 3.41. The third-order valence-corrected chi connectivity index (χ3v) is 2.36. The molecule has 1 rings (SSSR count). The van der Waals surface area contributed by atoms with Crippen LogP contribution in [0.25, 0.3) is 0 Å². The standard InChI is InChI=1S/C7H13BrN2/c8-5-7-6(10-7)3-1-2-4-9/h1-2,6-7,10H,3-5,9H2/b2-1+. The highest BCUT2D eigenvalue weighted by Gasteiger charge is 2.32. The van der Waals surface area contributed by atoms with Gasteiger partial charge in [0.1, 0.15) is 0 Å². The second kappa shape index (κ2) is 4.11. The number of hydrogen-bond donors (Lipinski definition) is 2. The van der Waals surface area contributed by atoms with Crippen LogP contribution in [-0.2, 0) is 0 Å². The van der Waals surface area contributed by atoms with E-state index in [2.05, 4.69) is 27.3 Å². The molecule has 0 saturated carbocycles. The molecular formula is C7H13BrN2. The molecule has 0 aromatic heterocycles. The van der Waals surface area contributed by atoms with Gasteiger partial charge in [0, 0.05) is 24.0 Å². The second-order valence-corrected chi connectivity index (χ2v) is 3.12. The maximum atomic E-state index is 5.29. The summed E-state index contributed by atoms with van der Waals surface area (Å²) in [5, 5.41) is 4.40. The molecule has 2 atom stereocenters.